The van der Waals surface area contributed by atoms with E-state index >= 15 is 0 Å². The van der Waals surface area contributed by atoms with E-state index in [1.54, 1.807) is 0 Å². The van der Waals surface area contributed by atoms with Gasteiger partial charge in [-0.05, 0) is 25.0 Å². The van der Waals surface area contributed by atoms with E-state index in [0.29, 0.717) is 29.6 Å². The number of nitrogens with zero attached hydrogens (tertiary/aromatic N) is 1. The third-order valence-electron chi connectivity index (χ3n) is 5.18. The van der Waals surface area contributed by atoms with Crippen molar-refractivity contribution in [3.05, 3.63) is 35.3 Å². The lowest BCUT2D eigenvalue weighted by molar-refractivity contribution is 0.174. The van der Waals surface area contributed by atoms with Crippen LogP contribution in [0.1, 0.15) is 63.2 Å². The Hall–Kier alpha value is -1.39. The smallest absolute Gasteiger partial charge is 0.138 e. The molecule has 1 aliphatic rings. The van der Waals surface area contributed by atoms with Crippen LogP contribution in [0.3, 0.4) is 0 Å². The van der Waals surface area contributed by atoms with Crippen molar-refractivity contribution in [2.45, 2.75) is 70.9 Å². The molecule has 0 spiro atoms. The second-order valence-electron chi connectivity index (χ2n) is 7.36. The summed E-state index contributed by atoms with van der Waals surface area (Å²) in [4.78, 5) is 2.10. The van der Waals surface area contributed by atoms with Gasteiger partial charge in [-0.1, -0.05) is 45.1 Å². The van der Waals surface area contributed by atoms with Crippen LogP contribution in [0.25, 0.3) is 11.0 Å². The summed E-state index contributed by atoms with van der Waals surface area (Å²) in [5.74, 6) is 0.718. The first-order valence-corrected chi connectivity index (χ1v) is 9.77. The molecular formula is C21H30FNO2. The van der Waals surface area contributed by atoms with Gasteiger partial charge in [-0.3, -0.25) is 4.90 Å². The minimum absolute atomic E-state index is 0.170. The fourth-order valence-electron chi connectivity index (χ4n) is 3.70. The number of halogens is 1. The van der Waals surface area contributed by atoms with Crippen LogP contribution in [-0.2, 0) is 13.0 Å². The van der Waals surface area contributed by atoms with Gasteiger partial charge in [0.05, 0.1) is 11.5 Å². The van der Waals surface area contributed by atoms with Crippen molar-refractivity contribution in [1.82, 2.24) is 4.90 Å². The zero-order valence-electron chi connectivity index (χ0n) is 15.3. The summed E-state index contributed by atoms with van der Waals surface area (Å²) in [5, 5.41) is 10.2. The number of rotatable bonds is 9. The molecule has 1 saturated heterocycles. The number of aliphatic hydroxyl groups is 1. The molecule has 25 heavy (non-hydrogen) atoms. The molecule has 2 aromatic rings. The van der Waals surface area contributed by atoms with Crippen molar-refractivity contribution in [1.29, 1.82) is 0 Å². The van der Waals surface area contributed by atoms with Crippen molar-refractivity contribution in [2.75, 3.05) is 13.1 Å². The van der Waals surface area contributed by atoms with E-state index in [-0.39, 0.29) is 11.9 Å². The fourth-order valence-corrected chi connectivity index (χ4v) is 3.70. The van der Waals surface area contributed by atoms with Gasteiger partial charge < -0.3 is 9.52 Å². The van der Waals surface area contributed by atoms with E-state index in [2.05, 4.69) is 11.8 Å². The van der Waals surface area contributed by atoms with E-state index < -0.39 is 0 Å². The van der Waals surface area contributed by atoms with Crippen LogP contribution in [0.5, 0.6) is 0 Å². The van der Waals surface area contributed by atoms with Gasteiger partial charge in [0.1, 0.15) is 17.2 Å². The highest BCUT2D eigenvalue weighted by atomic mass is 19.1. The third kappa shape index (κ3) is 4.83. The Kier molecular flexibility index (Phi) is 6.49. The molecule has 0 bridgehead atoms. The van der Waals surface area contributed by atoms with Crippen LogP contribution < -0.4 is 0 Å². The third-order valence-corrected chi connectivity index (χ3v) is 5.18. The summed E-state index contributed by atoms with van der Waals surface area (Å²) in [7, 11) is 0. The summed E-state index contributed by atoms with van der Waals surface area (Å²) in [6.45, 7) is 4.24. The molecule has 3 rings (SSSR count). The molecule has 1 aliphatic heterocycles. The first kappa shape index (κ1) is 18.4. The quantitative estimate of drug-likeness (QED) is 0.646. The van der Waals surface area contributed by atoms with Crippen molar-refractivity contribution in [3.63, 3.8) is 0 Å². The normalized spacial score (nSPS) is 18.4. The van der Waals surface area contributed by atoms with Gasteiger partial charge in [-0.25, -0.2) is 4.39 Å². The zero-order chi connectivity index (χ0) is 17.6. The average molecular weight is 347 g/mol. The zero-order valence-corrected chi connectivity index (χ0v) is 15.3. The molecule has 1 N–H and O–H groups in total. The number of aliphatic hydroxyl groups excluding tert-OH is 1. The molecule has 1 aromatic heterocycles. The Labute approximate surface area is 149 Å². The maximum absolute atomic E-state index is 14.8. The van der Waals surface area contributed by atoms with E-state index in [1.165, 1.54) is 32.1 Å². The lowest BCUT2D eigenvalue weighted by Gasteiger charge is -2.15. The topological polar surface area (TPSA) is 36.6 Å². The molecule has 1 atom stereocenters. The van der Waals surface area contributed by atoms with Gasteiger partial charge in [0.25, 0.3) is 0 Å². The number of likely N-dealkylation sites (tertiary alicyclic amines) is 1. The standard InChI is InChI=1S/C21H30FNO2/c1-2-3-4-5-6-7-8-18-13-19-20(25-18)10-9-16(21(19)22)14-23-12-11-17(24)15-23/h9-10,13,17,24H,2-8,11-12,14-15H2,1H3/t17-/m0/s1. The van der Waals surface area contributed by atoms with Crippen molar-refractivity contribution >= 4 is 11.0 Å². The predicted octanol–water partition coefficient (Wildman–Crippen LogP) is 5.04. The molecule has 0 aliphatic carbocycles. The number of β-amino-alcohol motifs (C(OH)–C–C–N with tert-alkyl or cyclic N) is 1. The first-order valence-electron chi connectivity index (χ1n) is 9.77. The molecular weight excluding hydrogens is 317 g/mol. The van der Waals surface area contributed by atoms with Crippen LogP contribution in [0.2, 0.25) is 0 Å². The monoisotopic (exact) mass is 347 g/mol. The maximum Gasteiger partial charge on any atom is 0.138 e. The van der Waals surface area contributed by atoms with E-state index in [4.69, 9.17) is 4.42 Å². The number of aryl methyl sites for hydroxylation is 1. The van der Waals surface area contributed by atoms with Crippen molar-refractivity contribution in [3.8, 4) is 0 Å². The molecule has 1 fully saturated rings. The summed E-state index contributed by atoms with van der Waals surface area (Å²) >= 11 is 0. The molecule has 0 unspecified atom stereocenters. The first-order chi connectivity index (χ1) is 12.2. The van der Waals surface area contributed by atoms with Crippen LogP contribution >= 0.6 is 0 Å². The van der Waals surface area contributed by atoms with E-state index in [1.807, 2.05) is 18.2 Å². The number of hydrogen-bond donors (Lipinski definition) is 1. The van der Waals surface area contributed by atoms with Crippen LogP contribution in [0, 0.1) is 5.82 Å². The fraction of sp³-hybridized carbons (Fsp3) is 0.619. The summed E-state index contributed by atoms with van der Waals surface area (Å²) in [5.41, 5.74) is 1.33. The van der Waals surface area contributed by atoms with Gasteiger partial charge in [-0.15, -0.1) is 0 Å². The number of hydrogen-bond acceptors (Lipinski definition) is 3. The van der Waals surface area contributed by atoms with E-state index in [0.717, 1.165) is 31.6 Å². The Morgan fingerprint density at radius 1 is 1.20 bits per heavy atom. The SMILES string of the molecule is CCCCCCCCc1cc2c(F)c(CN3CC[C@H](O)C3)ccc2o1. The molecule has 3 nitrogen and oxygen atoms in total. The highest BCUT2D eigenvalue weighted by Crippen LogP contribution is 2.27. The highest BCUT2D eigenvalue weighted by molar-refractivity contribution is 5.79. The Bertz CT molecular complexity index is 682. The number of unbranched alkanes of at least 4 members (excludes halogenated alkanes) is 5. The van der Waals surface area contributed by atoms with Gasteiger partial charge >= 0.3 is 0 Å². The Balaban J connectivity index is 1.59. The van der Waals surface area contributed by atoms with Gasteiger partial charge in [0.2, 0.25) is 0 Å². The maximum atomic E-state index is 14.8. The lowest BCUT2D eigenvalue weighted by atomic mass is 10.1. The van der Waals surface area contributed by atoms with Gasteiger partial charge in [0.15, 0.2) is 0 Å². The van der Waals surface area contributed by atoms with Crippen molar-refractivity contribution in [2.24, 2.45) is 0 Å². The molecule has 0 radical (unpaired) electrons. The molecule has 0 amide bonds. The molecule has 0 saturated carbocycles. The number of fused-ring (bicyclic) bond motifs is 1. The van der Waals surface area contributed by atoms with Gasteiger partial charge in [0, 0.05) is 31.6 Å². The summed E-state index contributed by atoms with van der Waals surface area (Å²) < 4.78 is 20.6. The minimum Gasteiger partial charge on any atom is -0.461 e. The summed E-state index contributed by atoms with van der Waals surface area (Å²) in [6, 6.07) is 5.57. The molecule has 1 aromatic carbocycles. The largest absolute Gasteiger partial charge is 0.461 e. The average Bonchev–Trinajstić information content (AvgIpc) is 3.20. The highest BCUT2D eigenvalue weighted by Gasteiger charge is 2.22. The predicted molar refractivity (Wildman–Crippen MR) is 99.2 cm³/mol. The molecule has 138 valence electrons. The van der Waals surface area contributed by atoms with Crippen LogP contribution in [0.15, 0.2) is 22.6 Å². The summed E-state index contributed by atoms with van der Waals surface area (Å²) in [6.07, 6.45) is 8.85. The van der Waals surface area contributed by atoms with Crippen molar-refractivity contribution < 1.29 is 13.9 Å². The van der Waals surface area contributed by atoms with Crippen LogP contribution in [0.4, 0.5) is 4.39 Å². The lowest BCUT2D eigenvalue weighted by Crippen LogP contribution is -2.22. The van der Waals surface area contributed by atoms with Crippen LogP contribution in [-0.4, -0.2) is 29.2 Å². The molecule has 4 heteroatoms. The second kappa shape index (κ2) is 8.81. The molecule has 2 heterocycles. The van der Waals surface area contributed by atoms with E-state index in [9.17, 15) is 9.50 Å². The second-order valence-corrected chi connectivity index (χ2v) is 7.36. The Morgan fingerprint density at radius 3 is 2.76 bits per heavy atom. The number of benzene rings is 1. The number of furan rings is 1. The minimum atomic E-state index is -0.273. The van der Waals surface area contributed by atoms with Gasteiger partial charge in [-0.2, -0.15) is 0 Å². The Morgan fingerprint density at radius 2 is 2.00 bits per heavy atom.